The highest BCUT2D eigenvalue weighted by Gasteiger charge is 2.13. The Balaban J connectivity index is 1.31. The van der Waals surface area contributed by atoms with E-state index < -0.39 is 0 Å². The highest BCUT2D eigenvalue weighted by molar-refractivity contribution is 5.94. The monoisotopic (exact) mass is 497 g/mol. The molecule has 0 atom stereocenters. The van der Waals surface area contributed by atoms with Crippen molar-refractivity contribution in [2.75, 3.05) is 4.90 Å². The van der Waals surface area contributed by atoms with Gasteiger partial charge in [-0.05, 0) is 92.3 Å². The Morgan fingerprint density at radius 1 is 0.256 bits per heavy atom. The van der Waals surface area contributed by atoms with Gasteiger partial charge in [0, 0.05) is 17.1 Å². The van der Waals surface area contributed by atoms with Crippen LogP contribution in [0.15, 0.2) is 164 Å². The molecule has 0 saturated carbocycles. The van der Waals surface area contributed by atoms with Crippen LogP contribution in [0.1, 0.15) is 0 Å². The number of hydrogen-bond acceptors (Lipinski definition) is 1. The third-order valence-corrected chi connectivity index (χ3v) is 7.41. The number of rotatable bonds is 5. The van der Waals surface area contributed by atoms with Crippen LogP contribution in [-0.2, 0) is 0 Å². The summed E-state index contributed by atoms with van der Waals surface area (Å²) in [5, 5.41) is 4.98. The van der Waals surface area contributed by atoms with E-state index >= 15 is 0 Å². The lowest BCUT2D eigenvalue weighted by atomic mass is 9.98. The smallest absolute Gasteiger partial charge is 0.0468 e. The van der Waals surface area contributed by atoms with E-state index in [1.54, 1.807) is 0 Å². The first kappa shape index (κ1) is 23.0. The van der Waals surface area contributed by atoms with E-state index in [4.69, 9.17) is 0 Å². The Hall–Kier alpha value is -5.14. The summed E-state index contributed by atoms with van der Waals surface area (Å²) in [4.78, 5) is 2.33. The molecule has 0 unspecified atom stereocenters. The van der Waals surface area contributed by atoms with Gasteiger partial charge >= 0.3 is 0 Å². The zero-order valence-electron chi connectivity index (χ0n) is 21.5. The fourth-order valence-corrected chi connectivity index (χ4v) is 5.38. The van der Waals surface area contributed by atoms with Gasteiger partial charge in [-0.1, -0.05) is 115 Å². The summed E-state index contributed by atoms with van der Waals surface area (Å²) in [6.45, 7) is 0. The molecule has 7 aromatic rings. The summed E-state index contributed by atoms with van der Waals surface area (Å²) < 4.78 is 0. The van der Waals surface area contributed by atoms with Crippen LogP contribution in [0.3, 0.4) is 0 Å². The molecular weight excluding hydrogens is 470 g/mol. The van der Waals surface area contributed by atoms with Crippen molar-refractivity contribution in [3.05, 3.63) is 164 Å². The quantitative estimate of drug-likeness (QED) is 0.229. The zero-order valence-corrected chi connectivity index (χ0v) is 21.5. The lowest BCUT2D eigenvalue weighted by molar-refractivity contribution is 1.29. The van der Waals surface area contributed by atoms with Crippen LogP contribution in [-0.4, -0.2) is 0 Å². The Kier molecular flexibility index (Phi) is 5.88. The molecule has 184 valence electrons. The molecule has 0 bridgehead atoms. The molecule has 0 N–H and O–H groups in total. The van der Waals surface area contributed by atoms with Gasteiger partial charge in [0.1, 0.15) is 0 Å². The Morgan fingerprint density at radius 2 is 0.718 bits per heavy atom. The normalized spacial score (nSPS) is 11.1. The van der Waals surface area contributed by atoms with Crippen LogP contribution >= 0.6 is 0 Å². The first-order chi connectivity index (χ1) is 19.3. The third-order valence-electron chi connectivity index (χ3n) is 7.41. The summed E-state index contributed by atoms with van der Waals surface area (Å²) in [5.74, 6) is 0. The summed E-state index contributed by atoms with van der Waals surface area (Å²) in [6, 6.07) is 58.7. The third kappa shape index (κ3) is 4.56. The average molecular weight is 498 g/mol. The van der Waals surface area contributed by atoms with Crippen LogP contribution < -0.4 is 4.90 Å². The van der Waals surface area contributed by atoms with Gasteiger partial charge in [0.05, 0.1) is 0 Å². The second kappa shape index (κ2) is 9.96. The lowest BCUT2D eigenvalue weighted by Gasteiger charge is -2.26. The number of nitrogens with zero attached hydrogens (tertiary/aromatic N) is 1. The van der Waals surface area contributed by atoms with Crippen LogP contribution in [0.25, 0.3) is 43.8 Å². The molecule has 0 heterocycles. The summed E-state index contributed by atoms with van der Waals surface area (Å²) in [5.41, 5.74) is 8.30. The van der Waals surface area contributed by atoms with Gasteiger partial charge in [-0.3, -0.25) is 0 Å². The first-order valence-electron chi connectivity index (χ1n) is 13.4. The topological polar surface area (TPSA) is 3.24 Å². The van der Waals surface area contributed by atoms with Gasteiger partial charge < -0.3 is 4.90 Å². The molecule has 0 radical (unpaired) electrons. The molecule has 0 aliphatic rings. The maximum atomic E-state index is 2.33. The second-order valence-electron chi connectivity index (χ2n) is 9.89. The molecule has 39 heavy (non-hydrogen) atoms. The highest BCUT2D eigenvalue weighted by atomic mass is 15.1. The molecule has 7 aromatic carbocycles. The van der Waals surface area contributed by atoms with Crippen molar-refractivity contribution in [1.29, 1.82) is 0 Å². The predicted octanol–water partition coefficient (Wildman–Crippen LogP) is 10.8. The molecule has 0 aliphatic carbocycles. The summed E-state index contributed by atoms with van der Waals surface area (Å²) in [7, 11) is 0. The number of hydrogen-bond donors (Lipinski definition) is 0. The van der Waals surface area contributed by atoms with E-state index in [-0.39, 0.29) is 0 Å². The fourth-order valence-electron chi connectivity index (χ4n) is 5.38. The Morgan fingerprint density at radius 3 is 1.44 bits per heavy atom. The Bertz CT molecular complexity index is 1890. The van der Waals surface area contributed by atoms with Gasteiger partial charge in [0.2, 0.25) is 0 Å². The molecule has 0 aromatic heterocycles. The molecule has 1 heteroatoms. The van der Waals surface area contributed by atoms with Crippen LogP contribution in [0.4, 0.5) is 17.1 Å². The van der Waals surface area contributed by atoms with Crippen molar-refractivity contribution in [2.24, 2.45) is 0 Å². The molecule has 0 amide bonds. The van der Waals surface area contributed by atoms with Crippen molar-refractivity contribution >= 4 is 38.6 Å². The highest BCUT2D eigenvalue weighted by Crippen LogP contribution is 2.37. The van der Waals surface area contributed by atoms with E-state index in [1.165, 1.54) is 43.8 Å². The van der Waals surface area contributed by atoms with Crippen molar-refractivity contribution in [3.8, 4) is 22.3 Å². The standard InChI is InChI=1S/C38H27N/c1-3-9-28(10-4-1)30-19-22-37(23-20-30)39(36-13-5-2-6-14-36)38-24-21-31-16-18-34(26-35(31)27-38)33-17-15-29-11-7-8-12-32(29)25-33/h1-27H. The maximum absolute atomic E-state index is 2.33. The molecule has 1 nitrogen and oxygen atoms in total. The SMILES string of the molecule is c1ccc(-c2ccc(N(c3ccccc3)c3ccc4ccc(-c5ccc6ccccc6c5)cc4c3)cc2)cc1. The van der Waals surface area contributed by atoms with E-state index in [1.807, 2.05) is 0 Å². The fraction of sp³-hybridized carbons (Fsp3) is 0. The zero-order chi connectivity index (χ0) is 26.0. The van der Waals surface area contributed by atoms with E-state index in [0.29, 0.717) is 0 Å². The minimum Gasteiger partial charge on any atom is -0.310 e. The van der Waals surface area contributed by atoms with Gasteiger partial charge in [-0.15, -0.1) is 0 Å². The predicted molar refractivity (Wildman–Crippen MR) is 167 cm³/mol. The number of benzene rings is 7. The molecule has 7 rings (SSSR count). The number of para-hydroxylation sites is 1. The van der Waals surface area contributed by atoms with Crippen LogP contribution in [0, 0.1) is 0 Å². The number of anilines is 3. The minimum absolute atomic E-state index is 1.13. The van der Waals surface area contributed by atoms with Gasteiger partial charge in [0.15, 0.2) is 0 Å². The minimum atomic E-state index is 1.13. The van der Waals surface area contributed by atoms with Crippen molar-refractivity contribution in [1.82, 2.24) is 0 Å². The van der Waals surface area contributed by atoms with Crippen LogP contribution in [0.2, 0.25) is 0 Å². The maximum Gasteiger partial charge on any atom is 0.0468 e. The molecule has 0 aliphatic heterocycles. The van der Waals surface area contributed by atoms with E-state index in [0.717, 1.165) is 17.1 Å². The molecule has 0 spiro atoms. The summed E-state index contributed by atoms with van der Waals surface area (Å²) >= 11 is 0. The van der Waals surface area contributed by atoms with E-state index in [2.05, 4.69) is 169 Å². The second-order valence-corrected chi connectivity index (χ2v) is 9.89. The molecule has 0 fully saturated rings. The largest absolute Gasteiger partial charge is 0.310 e. The van der Waals surface area contributed by atoms with Crippen molar-refractivity contribution < 1.29 is 0 Å². The molecular formula is C38H27N. The average Bonchev–Trinajstić information content (AvgIpc) is 3.02. The van der Waals surface area contributed by atoms with Crippen molar-refractivity contribution in [2.45, 2.75) is 0 Å². The van der Waals surface area contributed by atoms with Crippen molar-refractivity contribution in [3.63, 3.8) is 0 Å². The summed E-state index contributed by atoms with van der Waals surface area (Å²) in [6.07, 6.45) is 0. The molecule has 0 saturated heterocycles. The van der Waals surface area contributed by atoms with Gasteiger partial charge in [0.25, 0.3) is 0 Å². The Labute approximate surface area is 229 Å². The van der Waals surface area contributed by atoms with Crippen LogP contribution in [0.5, 0.6) is 0 Å². The first-order valence-corrected chi connectivity index (χ1v) is 13.4. The van der Waals surface area contributed by atoms with Gasteiger partial charge in [-0.2, -0.15) is 0 Å². The number of fused-ring (bicyclic) bond motifs is 2. The van der Waals surface area contributed by atoms with Gasteiger partial charge in [-0.25, -0.2) is 0 Å². The lowest BCUT2D eigenvalue weighted by Crippen LogP contribution is -2.09. The van der Waals surface area contributed by atoms with E-state index in [9.17, 15) is 0 Å².